The number of thiazole rings is 1. The third-order valence-electron chi connectivity index (χ3n) is 2.20. The van der Waals surface area contributed by atoms with Crippen molar-refractivity contribution >= 4 is 34.4 Å². The minimum atomic E-state index is -1.04. The van der Waals surface area contributed by atoms with E-state index in [9.17, 15) is 9.59 Å². The summed E-state index contributed by atoms with van der Waals surface area (Å²) in [6, 6.07) is 1.69. The van der Waals surface area contributed by atoms with Crippen molar-refractivity contribution in [2.75, 3.05) is 5.32 Å². The molecule has 0 aliphatic rings. The van der Waals surface area contributed by atoms with Crippen LogP contribution >= 0.6 is 11.3 Å². The summed E-state index contributed by atoms with van der Waals surface area (Å²) in [5.74, 6) is -1.19. The Morgan fingerprint density at radius 3 is 2.95 bits per heavy atom. The van der Waals surface area contributed by atoms with Gasteiger partial charge in [0.05, 0.1) is 6.26 Å². The van der Waals surface area contributed by atoms with Crippen molar-refractivity contribution in [2.24, 2.45) is 0 Å². The first-order valence-corrected chi connectivity index (χ1v) is 6.10. The van der Waals surface area contributed by atoms with Crippen molar-refractivity contribution in [3.05, 3.63) is 40.8 Å². The molecule has 0 saturated carbocycles. The zero-order chi connectivity index (χ0) is 13.8. The fraction of sp³-hybridized carbons (Fsp3) is 0.0833. The zero-order valence-corrected chi connectivity index (χ0v) is 10.7. The van der Waals surface area contributed by atoms with Crippen molar-refractivity contribution in [3.63, 3.8) is 0 Å². The number of rotatable bonds is 4. The zero-order valence-electron chi connectivity index (χ0n) is 9.91. The predicted molar refractivity (Wildman–Crippen MR) is 70.2 cm³/mol. The SMILES string of the molecule is Cc1ccoc1C(=O)Nc1ncc(/C=C/C(=O)O)s1. The van der Waals surface area contributed by atoms with E-state index in [1.54, 1.807) is 13.0 Å². The molecule has 2 N–H and O–H groups in total. The van der Waals surface area contributed by atoms with Gasteiger partial charge in [0, 0.05) is 22.7 Å². The molecule has 7 heteroatoms. The molecule has 0 bridgehead atoms. The Kier molecular flexibility index (Phi) is 3.76. The molecular formula is C12H10N2O4S. The molecule has 2 rings (SSSR count). The first kappa shape index (κ1) is 13.0. The Balaban J connectivity index is 2.06. The minimum Gasteiger partial charge on any atom is -0.478 e. The molecule has 0 unspecified atom stereocenters. The van der Waals surface area contributed by atoms with Gasteiger partial charge in [-0.15, -0.1) is 0 Å². The number of hydrogen-bond donors (Lipinski definition) is 2. The second kappa shape index (κ2) is 5.49. The number of furan rings is 1. The molecule has 2 aromatic heterocycles. The van der Waals surface area contributed by atoms with Gasteiger partial charge in [-0.3, -0.25) is 10.1 Å². The van der Waals surface area contributed by atoms with E-state index in [-0.39, 0.29) is 11.7 Å². The van der Waals surface area contributed by atoms with Crippen LogP contribution in [0, 0.1) is 6.92 Å². The van der Waals surface area contributed by atoms with Gasteiger partial charge in [-0.05, 0) is 19.1 Å². The van der Waals surface area contributed by atoms with Gasteiger partial charge in [-0.1, -0.05) is 11.3 Å². The van der Waals surface area contributed by atoms with E-state index >= 15 is 0 Å². The molecule has 0 aliphatic heterocycles. The summed E-state index contributed by atoms with van der Waals surface area (Å²) < 4.78 is 5.06. The van der Waals surface area contributed by atoms with E-state index in [2.05, 4.69) is 10.3 Å². The van der Waals surface area contributed by atoms with E-state index < -0.39 is 5.97 Å². The Labute approximate surface area is 112 Å². The van der Waals surface area contributed by atoms with E-state index in [1.165, 1.54) is 29.9 Å². The van der Waals surface area contributed by atoms with E-state index in [0.717, 1.165) is 11.6 Å². The highest BCUT2D eigenvalue weighted by atomic mass is 32.1. The van der Waals surface area contributed by atoms with Crippen molar-refractivity contribution in [1.82, 2.24) is 4.98 Å². The molecule has 0 aliphatic carbocycles. The lowest BCUT2D eigenvalue weighted by atomic mass is 10.3. The number of hydrogen-bond acceptors (Lipinski definition) is 5. The number of carboxylic acid groups (broad SMARTS) is 1. The maximum Gasteiger partial charge on any atom is 0.328 e. The van der Waals surface area contributed by atoms with Crippen LogP contribution in [-0.2, 0) is 4.79 Å². The standard InChI is InChI=1S/C12H10N2O4S/c1-7-4-5-18-10(7)11(17)14-12-13-6-8(19-12)2-3-9(15)16/h2-6H,1H3,(H,15,16)(H,13,14,17)/b3-2+. The van der Waals surface area contributed by atoms with Gasteiger partial charge in [-0.25, -0.2) is 9.78 Å². The van der Waals surface area contributed by atoms with Crippen LogP contribution in [0.3, 0.4) is 0 Å². The van der Waals surface area contributed by atoms with E-state index in [1.807, 2.05) is 0 Å². The fourth-order valence-corrected chi connectivity index (χ4v) is 2.05. The number of carbonyl (C=O) groups excluding carboxylic acids is 1. The maximum absolute atomic E-state index is 11.8. The summed E-state index contributed by atoms with van der Waals surface area (Å²) in [7, 11) is 0. The molecule has 0 saturated heterocycles. The van der Waals surface area contributed by atoms with E-state index in [4.69, 9.17) is 9.52 Å². The molecule has 0 radical (unpaired) electrons. The summed E-state index contributed by atoms with van der Waals surface area (Å²) in [6.07, 6.45) is 5.34. The van der Waals surface area contributed by atoms with Crippen LogP contribution in [0.1, 0.15) is 21.0 Å². The van der Waals surface area contributed by atoms with Crippen LogP contribution in [0.5, 0.6) is 0 Å². The third kappa shape index (κ3) is 3.29. The molecule has 2 aromatic rings. The Hall–Kier alpha value is -2.41. The van der Waals surface area contributed by atoms with Crippen LogP contribution in [0.15, 0.2) is 29.0 Å². The van der Waals surface area contributed by atoms with Crippen LogP contribution < -0.4 is 5.32 Å². The lowest BCUT2D eigenvalue weighted by molar-refractivity contribution is -0.131. The molecule has 19 heavy (non-hydrogen) atoms. The average molecular weight is 278 g/mol. The molecule has 0 aromatic carbocycles. The lowest BCUT2D eigenvalue weighted by Crippen LogP contribution is -2.11. The summed E-state index contributed by atoms with van der Waals surface area (Å²) in [5, 5.41) is 11.5. The highest BCUT2D eigenvalue weighted by Crippen LogP contribution is 2.20. The molecule has 2 heterocycles. The lowest BCUT2D eigenvalue weighted by Gasteiger charge is -1.98. The first-order valence-electron chi connectivity index (χ1n) is 5.28. The Bertz CT molecular complexity index is 642. The predicted octanol–water partition coefficient (Wildman–Crippen LogP) is 2.39. The van der Waals surface area contributed by atoms with Crippen molar-refractivity contribution in [3.8, 4) is 0 Å². The van der Waals surface area contributed by atoms with Gasteiger partial charge in [0.2, 0.25) is 0 Å². The summed E-state index contributed by atoms with van der Waals surface area (Å²) >= 11 is 1.17. The largest absolute Gasteiger partial charge is 0.478 e. The third-order valence-corrected chi connectivity index (χ3v) is 3.08. The number of aromatic nitrogens is 1. The minimum absolute atomic E-state index is 0.234. The van der Waals surface area contributed by atoms with Gasteiger partial charge in [0.25, 0.3) is 5.91 Å². The molecule has 1 amide bonds. The smallest absolute Gasteiger partial charge is 0.328 e. The highest BCUT2D eigenvalue weighted by molar-refractivity contribution is 7.16. The quantitative estimate of drug-likeness (QED) is 0.838. The van der Waals surface area contributed by atoms with Gasteiger partial charge in [0.15, 0.2) is 10.9 Å². The number of nitrogens with zero attached hydrogens (tertiary/aromatic N) is 1. The van der Waals surface area contributed by atoms with Crippen LogP contribution in [-0.4, -0.2) is 22.0 Å². The molecule has 0 fully saturated rings. The Morgan fingerprint density at radius 2 is 2.32 bits per heavy atom. The second-order valence-electron chi connectivity index (χ2n) is 3.63. The molecule has 6 nitrogen and oxygen atoms in total. The van der Waals surface area contributed by atoms with E-state index in [0.29, 0.717) is 10.0 Å². The van der Waals surface area contributed by atoms with Gasteiger partial charge in [0.1, 0.15) is 0 Å². The summed E-state index contributed by atoms with van der Waals surface area (Å²) in [6.45, 7) is 1.77. The Morgan fingerprint density at radius 1 is 1.53 bits per heavy atom. The number of amides is 1. The topological polar surface area (TPSA) is 92.4 Å². The number of nitrogens with one attached hydrogen (secondary N) is 1. The number of aliphatic carboxylic acids is 1. The number of anilines is 1. The number of carbonyl (C=O) groups is 2. The van der Waals surface area contributed by atoms with Gasteiger partial charge >= 0.3 is 5.97 Å². The normalized spacial score (nSPS) is 10.8. The van der Waals surface area contributed by atoms with Crippen molar-refractivity contribution in [1.29, 1.82) is 0 Å². The number of carboxylic acids is 1. The molecule has 0 spiro atoms. The second-order valence-corrected chi connectivity index (χ2v) is 4.69. The fourth-order valence-electron chi connectivity index (χ4n) is 1.33. The van der Waals surface area contributed by atoms with Gasteiger partial charge in [-0.2, -0.15) is 0 Å². The maximum atomic E-state index is 11.8. The van der Waals surface area contributed by atoms with Gasteiger partial charge < -0.3 is 9.52 Å². The van der Waals surface area contributed by atoms with Crippen LogP contribution in [0.25, 0.3) is 6.08 Å². The number of aryl methyl sites for hydroxylation is 1. The van der Waals surface area contributed by atoms with Crippen LogP contribution in [0.2, 0.25) is 0 Å². The van der Waals surface area contributed by atoms with Crippen molar-refractivity contribution < 1.29 is 19.1 Å². The molecular weight excluding hydrogens is 268 g/mol. The monoisotopic (exact) mass is 278 g/mol. The highest BCUT2D eigenvalue weighted by Gasteiger charge is 2.14. The first-order chi connectivity index (χ1) is 9.06. The summed E-state index contributed by atoms with van der Waals surface area (Å²) in [5.41, 5.74) is 0.736. The van der Waals surface area contributed by atoms with Crippen LogP contribution in [0.4, 0.5) is 5.13 Å². The molecule has 0 atom stereocenters. The van der Waals surface area contributed by atoms with Crippen molar-refractivity contribution in [2.45, 2.75) is 6.92 Å². The molecule has 98 valence electrons. The summed E-state index contributed by atoms with van der Waals surface area (Å²) in [4.78, 5) is 26.8. The average Bonchev–Trinajstić information content (AvgIpc) is 2.95.